The Morgan fingerprint density at radius 2 is 1.83 bits per heavy atom. The largest absolute Gasteiger partial charge is 1.00 e. The van der Waals surface area contributed by atoms with Gasteiger partial charge >= 0.3 is 29.6 Å². The third kappa shape index (κ3) is 2.21. The van der Waals surface area contributed by atoms with Gasteiger partial charge < -0.3 is 10.8 Å². The van der Waals surface area contributed by atoms with Crippen LogP contribution in [-0.2, 0) is 0 Å². The molecule has 1 aromatic rings. The van der Waals surface area contributed by atoms with Gasteiger partial charge in [0.2, 0.25) is 0 Å². The number of anilines is 1. The van der Waals surface area contributed by atoms with Gasteiger partial charge in [0.25, 0.3) is 0 Å². The molecule has 0 radical (unpaired) electrons. The van der Waals surface area contributed by atoms with Crippen molar-refractivity contribution in [2.45, 2.75) is 6.92 Å². The third-order valence-corrected chi connectivity index (χ3v) is 2.15. The molecule has 0 aliphatic rings. The minimum Gasteiger partial charge on any atom is -0.870 e. The van der Waals surface area contributed by atoms with Crippen LogP contribution in [0.2, 0.25) is 10.0 Å². The second-order valence-electron chi connectivity index (χ2n) is 2.21. The van der Waals surface area contributed by atoms with Gasteiger partial charge in [0, 0.05) is 15.7 Å². The Kier molecular flexibility index (Phi) is 4.74. The Morgan fingerprint density at radius 3 is 2.33 bits per heavy atom. The molecule has 0 spiro atoms. The van der Waals surface area contributed by atoms with Gasteiger partial charge in [-0.2, -0.15) is 0 Å². The maximum Gasteiger partial charge on any atom is 1.00 e. The van der Waals surface area contributed by atoms with E-state index in [1.807, 2.05) is 0 Å². The summed E-state index contributed by atoms with van der Waals surface area (Å²) >= 11 is 11.2. The van der Waals surface area contributed by atoms with Crippen molar-refractivity contribution in [1.29, 1.82) is 0 Å². The fourth-order valence-corrected chi connectivity index (χ4v) is 1.19. The summed E-state index contributed by atoms with van der Waals surface area (Å²) in [4.78, 5) is 0. The number of nitrogen functional groups attached to an aromatic ring is 1. The van der Waals surface area contributed by atoms with Crippen LogP contribution < -0.4 is 40.4 Å². The van der Waals surface area contributed by atoms with Crippen molar-refractivity contribution in [3.8, 4) is 5.75 Å². The molecule has 12 heavy (non-hydrogen) atoms. The molecule has 1 rings (SSSR count). The van der Waals surface area contributed by atoms with Gasteiger partial charge in [-0.15, -0.1) is 0 Å². The van der Waals surface area contributed by atoms with E-state index in [2.05, 4.69) is 0 Å². The van der Waals surface area contributed by atoms with Crippen molar-refractivity contribution in [3.05, 3.63) is 21.7 Å². The predicted octanol–water partition coefficient (Wildman–Crippen LogP) is -1.04. The van der Waals surface area contributed by atoms with Crippen molar-refractivity contribution in [3.63, 3.8) is 0 Å². The molecule has 0 aromatic heterocycles. The average Bonchev–Trinajstić information content (AvgIpc) is 1.97. The van der Waals surface area contributed by atoms with Gasteiger partial charge in [-0.3, -0.25) is 0 Å². The van der Waals surface area contributed by atoms with Crippen LogP contribution in [0.1, 0.15) is 5.56 Å². The number of halogens is 2. The summed E-state index contributed by atoms with van der Waals surface area (Å²) in [6, 6.07) is 1.40. The molecule has 0 aliphatic carbocycles. The van der Waals surface area contributed by atoms with Crippen LogP contribution in [0.15, 0.2) is 6.07 Å². The van der Waals surface area contributed by atoms with Gasteiger partial charge in [0.15, 0.2) is 0 Å². The van der Waals surface area contributed by atoms with E-state index < -0.39 is 0 Å². The van der Waals surface area contributed by atoms with Crippen LogP contribution in [-0.4, -0.2) is 0 Å². The van der Waals surface area contributed by atoms with E-state index in [-0.39, 0.29) is 46.0 Å². The second kappa shape index (κ2) is 4.58. The first kappa shape index (κ1) is 12.4. The van der Waals surface area contributed by atoms with Gasteiger partial charge in [-0.05, 0) is 18.6 Å². The van der Waals surface area contributed by atoms with Crippen LogP contribution in [0.5, 0.6) is 5.75 Å². The molecule has 0 saturated heterocycles. The van der Waals surface area contributed by atoms with E-state index in [1.165, 1.54) is 6.07 Å². The van der Waals surface area contributed by atoms with Crippen molar-refractivity contribution >= 4 is 28.9 Å². The molecule has 0 amide bonds. The zero-order valence-corrected chi connectivity index (χ0v) is 10.3. The van der Waals surface area contributed by atoms with E-state index in [1.54, 1.807) is 6.92 Å². The molecule has 2 nitrogen and oxygen atoms in total. The van der Waals surface area contributed by atoms with Crippen LogP contribution in [0.3, 0.4) is 0 Å². The summed E-state index contributed by atoms with van der Waals surface area (Å²) in [5.41, 5.74) is 6.11. The van der Waals surface area contributed by atoms with Gasteiger partial charge in [0.1, 0.15) is 0 Å². The molecule has 60 valence electrons. The first-order chi connectivity index (χ1) is 5.04. The monoisotopic (exact) mass is 213 g/mol. The van der Waals surface area contributed by atoms with Crippen molar-refractivity contribution in [2.75, 3.05) is 5.73 Å². The standard InChI is InChI=1S/C7H7Cl2NO.Na/c1-3-4(8)2-5(9)7(11)6(3)10;/h2,11H,10H2,1H3;/q;+1/p-1. The maximum absolute atomic E-state index is 11.0. The minimum atomic E-state index is -0.353. The number of nitrogens with two attached hydrogens (primary N) is 1. The van der Waals surface area contributed by atoms with Crippen molar-refractivity contribution in [1.82, 2.24) is 0 Å². The second-order valence-corrected chi connectivity index (χ2v) is 3.02. The summed E-state index contributed by atoms with van der Waals surface area (Å²) in [6.45, 7) is 1.68. The van der Waals surface area contributed by atoms with Gasteiger partial charge in [-0.25, -0.2) is 0 Å². The molecule has 1 aromatic carbocycles. The molecule has 0 fully saturated rings. The van der Waals surface area contributed by atoms with Gasteiger partial charge in [0.05, 0.1) is 0 Å². The Balaban J connectivity index is 0.00000121. The van der Waals surface area contributed by atoms with E-state index >= 15 is 0 Å². The molecule has 0 aliphatic heterocycles. The maximum atomic E-state index is 11.0. The summed E-state index contributed by atoms with van der Waals surface area (Å²) in [7, 11) is 0. The molecule has 0 heterocycles. The fourth-order valence-electron chi connectivity index (χ4n) is 0.713. The van der Waals surface area contributed by atoms with E-state index in [0.29, 0.717) is 10.6 Å². The zero-order chi connectivity index (χ0) is 8.59. The van der Waals surface area contributed by atoms with Crippen LogP contribution in [0, 0.1) is 6.92 Å². The van der Waals surface area contributed by atoms with Crippen LogP contribution >= 0.6 is 23.2 Å². The van der Waals surface area contributed by atoms with Crippen LogP contribution in [0.25, 0.3) is 0 Å². The summed E-state index contributed by atoms with van der Waals surface area (Å²) in [6.07, 6.45) is 0. The third-order valence-electron chi connectivity index (χ3n) is 1.48. The van der Waals surface area contributed by atoms with E-state index in [0.717, 1.165) is 0 Å². The van der Waals surface area contributed by atoms with Crippen molar-refractivity contribution < 1.29 is 34.7 Å². The number of hydrogen-bond acceptors (Lipinski definition) is 2. The first-order valence-electron chi connectivity index (χ1n) is 2.95. The minimum absolute atomic E-state index is 0. The summed E-state index contributed by atoms with van der Waals surface area (Å²) in [5, 5.41) is 11.5. The Morgan fingerprint density at radius 1 is 1.33 bits per heavy atom. The normalized spacial score (nSPS) is 9.25. The van der Waals surface area contributed by atoms with Gasteiger partial charge in [-0.1, -0.05) is 29.0 Å². The van der Waals surface area contributed by atoms with Crippen molar-refractivity contribution in [2.24, 2.45) is 0 Å². The number of hydrogen-bond donors (Lipinski definition) is 1. The quantitative estimate of drug-likeness (QED) is 0.443. The SMILES string of the molecule is Cc1c(Cl)cc(Cl)c([O-])c1N.[Na+]. The Bertz CT molecular complexity index is 278. The average molecular weight is 214 g/mol. The van der Waals surface area contributed by atoms with E-state index in [4.69, 9.17) is 28.9 Å². The fraction of sp³-hybridized carbons (Fsp3) is 0.143. The summed E-state index contributed by atoms with van der Waals surface area (Å²) < 4.78 is 0. The summed E-state index contributed by atoms with van der Waals surface area (Å²) in [5.74, 6) is -0.353. The molecule has 0 atom stereocenters. The first-order valence-corrected chi connectivity index (χ1v) is 3.70. The predicted molar refractivity (Wildman–Crippen MR) is 45.1 cm³/mol. The molecular weight excluding hydrogens is 208 g/mol. The topological polar surface area (TPSA) is 49.1 Å². The molecule has 0 saturated carbocycles. The molecule has 0 unspecified atom stereocenters. The van der Waals surface area contributed by atoms with Crippen LogP contribution in [0.4, 0.5) is 5.69 Å². The van der Waals surface area contributed by atoms with E-state index in [9.17, 15) is 5.11 Å². The smallest absolute Gasteiger partial charge is 0.870 e. The Labute approximate surface area is 103 Å². The molecule has 5 heteroatoms. The molecular formula is C7H6Cl2NNaO. The molecule has 0 bridgehead atoms. The number of rotatable bonds is 0. The number of benzene rings is 1. The molecule has 2 N–H and O–H groups in total. The zero-order valence-electron chi connectivity index (χ0n) is 6.82. The Hall–Kier alpha value is 0.400.